The van der Waals surface area contributed by atoms with Crippen LogP contribution in [0, 0.1) is 0 Å². The summed E-state index contributed by atoms with van der Waals surface area (Å²) in [5.74, 6) is 0.608. The minimum absolute atomic E-state index is 0.0838. The van der Waals surface area contributed by atoms with Crippen molar-refractivity contribution in [2.24, 2.45) is 0 Å². The van der Waals surface area contributed by atoms with Crippen molar-refractivity contribution in [3.63, 3.8) is 0 Å². The fraction of sp³-hybridized carbons (Fsp3) is 0.636. The van der Waals surface area contributed by atoms with Crippen molar-refractivity contribution < 1.29 is 9.47 Å². The molecule has 0 bridgehead atoms. The van der Waals surface area contributed by atoms with E-state index in [1.165, 1.54) is 6.33 Å². The number of nitrogens with zero attached hydrogens (tertiary/aromatic N) is 2. The van der Waals surface area contributed by atoms with Crippen LogP contribution in [-0.4, -0.2) is 29.3 Å². The molecular weight excluding hydrogens is 242 g/mol. The number of rotatable bonds is 3. The highest BCUT2D eigenvalue weighted by molar-refractivity contribution is 6.33. The van der Waals surface area contributed by atoms with Gasteiger partial charge in [0.1, 0.15) is 23.3 Å². The van der Waals surface area contributed by atoms with E-state index in [9.17, 15) is 0 Å². The number of nitrogens with two attached hydrogens (primary N) is 1. The van der Waals surface area contributed by atoms with Crippen LogP contribution >= 0.6 is 11.6 Å². The third-order valence-corrected chi connectivity index (χ3v) is 3.33. The van der Waals surface area contributed by atoms with Gasteiger partial charge in [0.25, 0.3) is 0 Å². The first-order valence-electron chi connectivity index (χ1n) is 5.66. The van der Waals surface area contributed by atoms with Crippen LogP contribution in [0.25, 0.3) is 0 Å². The van der Waals surface area contributed by atoms with E-state index in [0.29, 0.717) is 5.88 Å². The molecule has 1 fully saturated rings. The number of halogens is 1. The molecule has 0 saturated heterocycles. The van der Waals surface area contributed by atoms with Crippen LogP contribution in [0.1, 0.15) is 25.7 Å². The minimum Gasteiger partial charge on any atom is -0.473 e. The molecule has 17 heavy (non-hydrogen) atoms. The Kier molecular flexibility index (Phi) is 4.02. The maximum absolute atomic E-state index is 5.98. The normalized spacial score (nSPS) is 24.6. The summed E-state index contributed by atoms with van der Waals surface area (Å²) in [7, 11) is 1.72. The van der Waals surface area contributed by atoms with Crippen molar-refractivity contribution in [2.45, 2.75) is 37.9 Å². The lowest BCUT2D eigenvalue weighted by atomic mass is 9.95. The van der Waals surface area contributed by atoms with Crippen LogP contribution in [-0.2, 0) is 4.74 Å². The van der Waals surface area contributed by atoms with E-state index in [4.69, 9.17) is 26.8 Å². The van der Waals surface area contributed by atoms with E-state index in [0.717, 1.165) is 25.7 Å². The summed E-state index contributed by atoms with van der Waals surface area (Å²) in [5, 5.41) is 0.284. The Labute approximate surface area is 105 Å². The number of nitrogen functional groups attached to an aromatic ring is 1. The van der Waals surface area contributed by atoms with E-state index in [1.54, 1.807) is 7.11 Å². The first-order chi connectivity index (χ1) is 8.20. The lowest BCUT2D eigenvalue weighted by molar-refractivity contribution is 0.0195. The molecule has 1 aliphatic carbocycles. The summed E-state index contributed by atoms with van der Waals surface area (Å²) in [5.41, 5.74) is 5.59. The summed E-state index contributed by atoms with van der Waals surface area (Å²) < 4.78 is 11.1. The quantitative estimate of drug-likeness (QED) is 0.897. The molecule has 2 N–H and O–H groups in total. The smallest absolute Gasteiger partial charge is 0.238 e. The van der Waals surface area contributed by atoms with Gasteiger partial charge in [-0.3, -0.25) is 0 Å². The number of anilines is 1. The Hall–Kier alpha value is -1.07. The van der Waals surface area contributed by atoms with Gasteiger partial charge in [-0.05, 0) is 19.3 Å². The van der Waals surface area contributed by atoms with E-state index >= 15 is 0 Å². The Morgan fingerprint density at radius 3 is 2.88 bits per heavy atom. The third-order valence-electron chi connectivity index (χ3n) is 2.97. The molecule has 6 heteroatoms. The van der Waals surface area contributed by atoms with Gasteiger partial charge >= 0.3 is 0 Å². The van der Waals surface area contributed by atoms with Crippen LogP contribution < -0.4 is 10.5 Å². The molecule has 2 unspecified atom stereocenters. The summed E-state index contributed by atoms with van der Waals surface area (Å²) in [6, 6.07) is 0. The maximum atomic E-state index is 5.98. The van der Waals surface area contributed by atoms with E-state index in [-0.39, 0.29) is 23.0 Å². The van der Waals surface area contributed by atoms with Crippen LogP contribution in [0.2, 0.25) is 5.02 Å². The second-order valence-electron chi connectivity index (χ2n) is 4.14. The average Bonchev–Trinajstić information content (AvgIpc) is 2.35. The van der Waals surface area contributed by atoms with Gasteiger partial charge in [0, 0.05) is 13.5 Å². The van der Waals surface area contributed by atoms with E-state index < -0.39 is 0 Å². The van der Waals surface area contributed by atoms with Crippen molar-refractivity contribution in [3.05, 3.63) is 11.3 Å². The topological polar surface area (TPSA) is 70.3 Å². The molecule has 5 nitrogen and oxygen atoms in total. The van der Waals surface area contributed by atoms with E-state index in [2.05, 4.69) is 9.97 Å². The highest BCUT2D eigenvalue weighted by Crippen LogP contribution is 2.30. The largest absolute Gasteiger partial charge is 0.473 e. The summed E-state index contributed by atoms with van der Waals surface area (Å²) in [6.45, 7) is 0. The van der Waals surface area contributed by atoms with Crippen molar-refractivity contribution in [3.8, 4) is 5.88 Å². The maximum Gasteiger partial charge on any atom is 0.238 e. The molecule has 0 aromatic carbocycles. The van der Waals surface area contributed by atoms with Gasteiger partial charge in [0.15, 0.2) is 0 Å². The summed E-state index contributed by atoms with van der Waals surface area (Å²) >= 11 is 5.98. The monoisotopic (exact) mass is 257 g/mol. The number of methoxy groups -OCH3 is 1. The molecule has 0 radical (unpaired) electrons. The van der Waals surface area contributed by atoms with E-state index in [1.807, 2.05) is 0 Å². The van der Waals surface area contributed by atoms with Gasteiger partial charge in [-0.1, -0.05) is 11.6 Å². The molecule has 94 valence electrons. The zero-order valence-corrected chi connectivity index (χ0v) is 10.5. The van der Waals surface area contributed by atoms with Crippen molar-refractivity contribution in [1.29, 1.82) is 0 Å². The predicted molar refractivity (Wildman–Crippen MR) is 65.1 cm³/mol. The van der Waals surface area contributed by atoms with Gasteiger partial charge in [-0.15, -0.1) is 0 Å². The third kappa shape index (κ3) is 2.98. The molecule has 0 amide bonds. The molecule has 1 aromatic heterocycles. The van der Waals surface area contributed by atoms with Crippen LogP contribution in [0.15, 0.2) is 6.33 Å². The van der Waals surface area contributed by atoms with Gasteiger partial charge in [0.2, 0.25) is 5.88 Å². The summed E-state index contributed by atoms with van der Waals surface area (Å²) in [4.78, 5) is 7.79. The van der Waals surface area contributed by atoms with Crippen LogP contribution in [0.3, 0.4) is 0 Å². The zero-order chi connectivity index (χ0) is 12.3. The lowest BCUT2D eigenvalue weighted by Crippen LogP contribution is -2.29. The fourth-order valence-corrected chi connectivity index (χ4v) is 2.17. The molecule has 2 rings (SSSR count). The lowest BCUT2D eigenvalue weighted by Gasteiger charge is -2.28. The van der Waals surface area contributed by atoms with Gasteiger partial charge in [0.05, 0.1) is 6.10 Å². The highest BCUT2D eigenvalue weighted by Gasteiger charge is 2.24. The molecule has 1 aromatic rings. The highest BCUT2D eigenvalue weighted by atomic mass is 35.5. The zero-order valence-electron chi connectivity index (χ0n) is 9.73. The van der Waals surface area contributed by atoms with Gasteiger partial charge in [-0.25, -0.2) is 9.97 Å². The Balaban J connectivity index is 2.02. The van der Waals surface area contributed by atoms with Crippen molar-refractivity contribution >= 4 is 17.4 Å². The van der Waals surface area contributed by atoms with Crippen LogP contribution in [0.4, 0.5) is 5.82 Å². The molecule has 1 aliphatic rings. The molecule has 0 spiro atoms. The SMILES string of the molecule is COC1CCCC(Oc2ncnc(N)c2Cl)C1. The molecule has 1 saturated carbocycles. The Morgan fingerprint density at radius 2 is 2.12 bits per heavy atom. The number of hydrogen-bond donors (Lipinski definition) is 1. The number of ether oxygens (including phenoxy) is 2. The first-order valence-corrected chi connectivity index (χ1v) is 6.04. The molecule has 2 atom stereocenters. The van der Waals surface area contributed by atoms with Crippen molar-refractivity contribution in [1.82, 2.24) is 9.97 Å². The van der Waals surface area contributed by atoms with Gasteiger partial charge in [-0.2, -0.15) is 0 Å². The Morgan fingerprint density at radius 1 is 1.35 bits per heavy atom. The average molecular weight is 258 g/mol. The molecule has 1 heterocycles. The standard InChI is InChI=1S/C11H16ClN3O2/c1-16-7-3-2-4-8(5-7)17-11-9(12)10(13)14-6-15-11/h6-8H,2-5H2,1H3,(H2,13,14,15). The fourth-order valence-electron chi connectivity index (χ4n) is 2.03. The van der Waals surface area contributed by atoms with Crippen LogP contribution in [0.5, 0.6) is 5.88 Å². The molecule has 0 aliphatic heterocycles. The first kappa shape index (κ1) is 12.4. The van der Waals surface area contributed by atoms with Crippen molar-refractivity contribution in [2.75, 3.05) is 12.8 Å². The second kappa shape index (κ2) is 5.51. The summed E-state index contributed by atoms with van der Waals surface area (Å²) in [6.07, 6.45) is 5.70. The molecular formula is C11H16ClN3O2. The predicted octanol–water partition coefficient (Wildman–Crippen LogP) is 2.05. The number of hydrogen-bond acceptors (Lipinski definition) is 5. The second-order valence-corrected chi connectivity index (χ2v) is 4.52. The Bertz CT molecular complexity index is 389. The van der Waals surface area contributed by atoms with Gasteiger partial charge < -0.3 is 15.2 Å². The minimum atomic E-state index is 0.0838. The number of aromatic nitrogens is 2.